The molecule has 0 fully saturated rings. The van der Waals surface area contributed by atoms with Crippen molar-refractivity contribution in [3.63, 3.8) is 0 Å². The second kappa shape index (κ2) is 6.44. The molecule has 0 radical (unpaired) electrons. The molecule has 0 aliphatic heterocycles. The number of aryl methyl sites for hydroxylation is 3. The van der Waals surface area contributed by atoms with Crippen LogP contribution in [0.4, 0.5) is 0 Å². The lowest BCUT2D eigenvalue weighted by molar-refractivity contribution is 0.0724. The van der Waals surface area contributed by atoms with E-state index >= 15 is 0 Å². The first-order valence-electron chi connectivity index (χ1n) is 6.34. The van der Waals surface area contributed by atoms with E-state index in [1.165, 1.54) is 0 Å². The second-order valence-electron chi connectivity index (χ2n) is 5.39. The number of carbonyl (C=O) groups excluding carboxylic acids is 1. The van der Waals surface area contributed by atoms with Gasteiger partial charge in [-0.15, -0.1) is 0 Å². The lowest BCUT2D eigenvalue weighted by Crippen LogP contribution is -2.42. The van der Waals surface area contributed by atoms with Crippen molar-refractivity contribution in [2.75, 3.05) is 18.6 Å². The number of aliphatic hydroxyl groups is 1. The Morgan fingerprint density at radius 2 is 1.84 bits per heavy atom. The van der Waals surface area contributed by atoms with Crippen LogP contribution >= 0.6 is 11.8 Å². The normalized spacial score (nSPS) is 14.0. The third-order valence-corrected chi connectivity index (χ3v) is 3.90. The van der Waals surface area contributed by atoms with E-state index in [1.54, 1.807) is 18.7 Å². The maximum atomic E-state index is 12.2. The Hall–Kier alpha value is -1.00. The van der Waals surface area contributed by atoms with Gasteiger partial charge in [-0.25, -0.2) is 0 Å². The van der Waals surface area contributed by atoms with Crippen LogP contribution in [-0.4, -0.2) is 35.2 Å². The summed E-state index contributed by atoms with van der Waals surface area (Å²) in [6, 6.07) is 4.00. The van der Waals surface area contributed by atoms with Crippen molar-refractivity contribution in [3.05, 3.63) is 34.4 Å². The van der Waals surface area contributed by atoms with Crippen LogP contribution < -0.4 is 5.32 Å². The topological polar surface area (TPSA) is 49.3 Å². The van der Waals surface area contributed by atoms with Gasteiger partial charge < -0.3 is 10.4 Å². The number of amides is 1. The van der Waals surface area contributed by atoms with Crippen LogP contribution in [-0.2, 0) is 0 Å². The molecule has 1 rings (SSSR count). The Bertz CT molecular complexity index is 446. The molecular weight excluding hydrogens is 258 g/mol. The highest BCUT2D eigenvalue weighted by molar-refractivity contribution is 7.98. The molecule has 2 N–H and O–H groups in total. The minimum Gasteiger partial charge on any atom is -0.387 e. The van der Waals surface area contributed by atoms with E-state index < -0.39 is 5.60 Å². The monoisotopic (exact) mass is 281 g/mol. The summed E-state index contributed by atoms with van der Waals surface area (Å²) in [5, 5.41) is 12.9. The molecule has 0 saturated heterocycles. The van der Waals surface area contributed by atoms with Crippen LogP contribution in [0.15, 0.2) is 12.1 Å². The first-order chi connectivity index (χ1) is 8.76. The Balaban J connectivity index is 2.80. The molecule has 0 aliphatic carbocycles. The van der Waals surface area contributed by atoms with Crippen molar-refractivity contribution >= 4 is 17.7 Å². The van der Waals surface area contributed by atoms with Crippen LogP contribution in [0.1, 0.15) is 34.0 Å². The van der Waals surface area contributed by atoms with Crippen molar-refractivity contribution in [2.24, 2.45) is 0 Å². The van der Waals surface area contributed by atoms with Crippen LogP contribution in [0.5, 0.6) is 0 Å². The Labute approximate surface area is 119 Å². The fourth-order valence-corrected chi connectivity index (χ4v) is 2.98. The van der Waals surface area contributed by atoms with Crippen molar-refractivity contribution in [2.45, 2.75) is 33.3 Å². The van der Waals surface area contributed by atoms with Gasteiger partial charge in [-0.05, 0) is 45.1 Å². The van der Waals surface area contributed by atoms with Gasteiger partial charge in [0.1, 0.15) is 0 Å². The number of carbonyl (C=O) groups is 1. The van der Waals surface area contributed by atoms with Gasteiger partial charge in [-0.2, -0.15) is 11.8 Å². The fraction of sp³-hybridized carbons (Fsp3) is 0.533. The molecule has 0 aromatic heterocycles. The third-order valence-electron chi connectivity index (χ3n) is 2.99. The first kappa shape index (κ1) is 16.1. The summed E-state index contributed by atoms with van der Waals surface area (Å²) in [6.07, 6.45) is 1.94. The predicted octanol–water partition coefficient (Wildman–Crippen LogP) is 2.46. The van der Waals surface area contributed by atoms with E-state index in [-0.39, 0.29) is 12.5 Å². The molecule has 0 bridgehead atoms. The molecule has 0 heterocycles. The zero-order valence-corrected chi connectivity index (χ0v) is 13.1. The van der Waals surface area contributed by atoms with Crippen LogP contribution in [0.3, 0.4) is 0 Å². The van der Waals surface area contributed by atoms with Gasteiger partial charge in [0.25, 0.3) is 5.91 Å². The Morgan fingerprint density at radius 3 is 2.32 bits per heavy atom. The van der Waals surface area contributed by atoms with E-state index in [0.717, 1.165) is 16.7 Å². The highest BCUT2D eigenvalue weighted by Crippen LogP contribution is 2.17. The number of hydrogen-bond donors (Lipinski definition) is 2. The largest absolute Gasteiger partial charge is 0.387 e. The standard InChI is InChI=1S/C15H23NO2S/c1-10-6-11(2)13(12(3)7-10)14(17)16-8-15(4,18)9-19-5/h6-7,18H,8-9H2,1-5H3,(H,16,17)/t15-/m0/s1. The van der Waals surface area contributed by atoms with Gasteiger partial charge in [0.2, 0.25) is 0 Å². The van der Waals surface area contributed by atoms with E-state index in [1.807, 2.05) is 39.2 Å². The SMILES string of the molecule is CSC[C@@](C)(O)CNC(=O)c1c(C)cc(C)cc1C. The maximum absolute atomic E-state index is 12.2. The van der Waals surface area contributed by atoms with E-state index in [0.29, 0.717) is 11.3 Å². The van der Waals surface area contributed by atoms with E-state index in [9.17, 15) is 9.90 Å². The Morgan fingerprint density at radius 1 is 1.32 bits per heavy atom. The zero-order valence-electron chi connectivity index (χ0n) is 12.3. The molecule has 1 atom stereocenters. The summed E-state index contributed by atoms with van der Waals surface area (Å²) < 4.78 is 0. The lowest BCUT2D eigenvalue weighted by Gasteiger charge is -2.23. The molecule has 3 nitrogen and oxygen atoms in total. The average Bonchev–Trinajstić information content (AvgIpc) is 2.25. The Kier molecular flexibility index (Phi) is 5.44. The summed E-state index contributed by atoms with van der Waals surface area (Å²) in [6.45, 7) is 7.90. The van der Waals surface area contributed by atoms with Gasteiger partial charge in [-0.1, -0.05) is 17.7 Å². The molecule has 0 aliphatic rings. The lowest BCUT2D eigenvalue weighted by atomic mass is 9.99. The minimum absolute atomic E-state index is 0.114. The summed E-state index contributed by atoms with van der Waals surface area (Å²) >= 11 is 1.56. The number of hydrogen-bond acceptors (Lipinski definition) is 3. The number of benzene rings is 1. The average molecular weight is 281 g/mol. The highest BCUT2D eigenvalue weighted by atomic mass is 32.2. The highest BCUT2D eigenvalue weighted by Gasteiger charge is 2.21. The molecule has 0 unspecified atom stereocenters. The molecule has 1 amide bonds. The van der Waals surface area contributed by atoms with E-state index in [2.05, 4.69) is 5.32 Å². The van der Waals surface area contributed by atoms with E-state index in [4.69, 9.17) is 0 Å². The van der Waals surface area contributed by atoms with Crippen LogP contribution in [0.25, 0.3) is 0 Å². The molecular formula is C15H23NO2S. The summed E-state index contributed by atoms with van der Waals surface area (Å²) in [4.78, 5) is 12.2. The van der Waals surface area contributed by atoms with Gasteiger partial charge in [0, 0.05) is 17.9 Å². The molecule has 19 heavy (non-hydrogen) atoms. The van der Waals surface area contributed by atoms with Crippen LogP contribution in [0, 0.1) is 20.8 Å². The fourth-order valence-electron chi connectivity index (χ4n) is 2.26. The first-order valence-corrected chi connectivity index (χ1v) is 7.73. The minimum atomic E-state index is -0.873. The summed E-state index contributed by atoms with van der Waals surface area (Å²) in [5.41, 5.74) is 2.94. The molecule has 1 aromatic carbocycles. The molecule has 0 spiro atoms. The smallest absolute Gasteiger partial charge is 0.251 e. The maximum Gasteiger partial charge on any atom is 0.251 e. The molecule has 4 heteroatoms. The summed E-state index contributed by atoms with van der Waals surface area (Å²) in [5.74, 6) is 0.482. The van der Waals surface area contributed by atoms with Gasteiger partial charge >= 0.3 is 0 Å². The number of rotatable bonds is 5. The van der Waals surface area contributed by atoms with Crippen molar-refractivity contribution in [1.82, 2.24) is 5.32 Å². The molecule has 1 aromatic rings. The number of nitrogens with one attached hydrogen (secondary N) is 1. The quantitative estimate of drug-likeness (QED) is 0.871. The van der Waals surface area contributed by atoms with Gasteiger partial charge in [0.05, 0.1) is 5.60 Å². The predicted molar refractivity (Wildman–Crippen MR) is 82.0 cm³/mol. The van der Waals surface area contributed by atoms with Crippen molar-refractivity contribution in [1.29, 1.82) is 0 Å². The van der Waals surface area contributed by atoms with Gasteiger partial charge in [-0.3, -0.25) is 4.79 Å². The molecule has 0 saturated carbocycles. The van der Waals surface area contributed by atoms with Crippen LogP contribution in [0.2, 0.25) is 0 Å². The zero-order chi connectivity index (χ0) is 14.6. The van der Waals surface area contributed by atoms with Crippen molar-refractivity contribution < 1.29 is 9.90 Å². The van der Waals surface area contributed by atoms with Gasteiger partial charge in [0.15, 0.2) is 0 Å². The second-order valence-corrected chi connectivity index (χ2v) is 6.25. The number of thioether (sulfide) groups is 1. The van der Waals surface area contributed by atoms with Crippen molar-refractivity contribution in [3.8, 4) is 0 Å². The summed E-state index contributed by atoms with van der Waals surface area (Å²) in [7, 11) is 0. The third kappa shape index (κ3) is 4.55. The molecule has 106 valence electrons.